The molecule has 0 aliphatic carbocycles. The van der Waals surface area contributed by atoms with Crippen LogP contribution in [-0.2, 0) is 0 Å². The second-order valence-corrected chi connectivity index (χ2v) is 6.60. The summed E-state index contributed by atoms with van der Waals surface area (Å²) in [6.45, 7) is 2.06. The predicted molar refractivity (Wildman–Crippen MR) is 105 cm³/mol. The van der Waals surface area contributed by atoms with Crippen LogP contribution in [0.3, 0.4) is 0 Å². The van der Waals surface area contributed by atoms with Crippen molar-refractivity contribution in [3.63, 3.8) is 0 Å². The van der Waals surface area contributed by atoms with E-state index in [1.54, 1.807) is 11.0 Å². The molecule has 1 aliphatic rings. The Labute approximate surface area is 165 Å². The van der Waals surface area contributed by atoms with Gasteiger partial charge in [-0.3, -0.25) is 5.32 Å². The number of halogens is 2. The molecule has 1 fully saturated rings. The predicted octanol–water partition coefficient (Wildman–Crippen LogP) is 3.27. The minimum absolute atomic E-state index is 0.128. The summed E-state index contributed by atoms with van der Waals surface area (Å²) in [7, 11) is 1.42. The second kappa shape index (κ2) is 7.86. The normalized spacial score (nSPS) is 14.2. The van der Waals surface area contributed by atoms with E-state index in [1.807, 2.05) is 11.0 Å². The summed E-state index contributed by atoms with van der Waals surface area (Å²) in [6, 6.07) is 10.1. The van der Waals surface area contributed by atoms with Gasteiger partial charge in [0, 0.05) is 37.9 Å². The highest BCUT2D eigenvalue weighted by atomic mass is 19.1. The van der Waals surface area contributed by atoms with Crippen molar-refractivity contribution in [3.05, 3.63) is 54.1 Å². The van der Waals surface area contributed by atoms with Gasteiger partial charge < -0.3 is 14.5 Å². The number of fused-ring (bicyclic) bond motifs is 1. The lowest BCUT2D eigenvalue weighted by molar-refractivity contribution is 0.208. The zero-order valence-corrected chi connectivity index (χ0v) is 15.7. The first-order chi connectivity index (χ1) is 14.0. The number of benzene rings is 2. The van der Waals surface area contributed by atoms with Crippen molar-refractivity contribution >= 4 is 28.6 Å². The van der Waals surface area contributed by atoms with Crippen LogP contribution in [0.2, 0.25) is 0 Å². The first-order valence-corrected chi connectivity index (χ1v) is 9.11. The molecule has 1 aromatic heterocycles. The molecule has 1 aliphatic heterocycles. The molecular weight excluding hydrogens is 380 g/mol. The number of carbonyl (C=O) groups excluding carboxylic acids is 1. The minimum atomic E-state index is -0.442. The molecule has 29 heavy (non-hydrogen) atoms. The van der Waals surface area contributed by atoms with Gasteiger partial charge in [0.25, 0.3) is 5.88 Å². The molecule has 7 nitrogen and oxygen atoms in total. The molecule has 0 bridgehead atoms. The molecular formula is C20H19F2N5O2. The van der Waals surface area contributed by atoms with E-state index in [4.69, 9.17) is 4.74 Å². The number of carbonyl (C=O) groups is 1. The number of piperazine rings is 1. The maximum Gasteiger partial charge on any atom is 0.323 e. The maximum atomic E-state index is 13.5. The Hall–Kier alpha value is -3.49. The van der Waals surface area contributed by atoms with Gasteiger partial charge in [-0.15, -0.1) is 0 Å². The Balaban J connectivity index is 1.46. The van der Waals surface area contributed by atoms with E-state index in [0.717, 1.165) is 5.69 Å². The summed E-state index contributed by atoms with van der Waals surface area (Å²) < 4.78 is 32.1. The van der Waals surface area contributed by atoms with Crippen LogP contribution >= 0.6 is 0 Å². The van der Waals surface area contributed by atoms with Crippen LogP contribution < -0.4 is 15.0 Å². The molecule has 1 saturated heterocycles. The topological polar surface area (TPSA) is 70.6 Å². The first kappa shape index (κ1) is 18.9. The molecule has 0 unspecified atom stereocenters. The molecule has 9 heteroatoms. The number of urea groups is 1. The van der Waals surface area contributed by atoms with Crippen LogP contribution in [0.4, 0.5) is 25.1 Å². The van der Waals surface area contributed by atoms with Gasteiger partial charge >= 0.3 is 6.03 Å². The van der Waals surface area contributed by atoms with Crippen molar-refractivity contribution < 1.29 is 18.3 Å². The van der Waals surface area contributed by atoms with E-state index in [9.17, 15) is 13.6 Å². The Morgan fingerprint density at radius 3 is 2.48 bits per heavy atom. The number of nitrogens with one attached hydrogen (secondary N) is 1. The van der Waals surface area contributed by atoms with E-state index in [1.165, 1.54) is 37.4 Å². The zero-order chi connectivity index (χ0) is 20.4. The van der Waals surface area contributed by atoms with Gasteiger partial charge in [0.1, 0.15) is 11.6 Å². The smallest absolute Gasteiger partial charge is 0.323 e. The SMILES string of the molecule is COc1nc2ccc(F)cc2nc1NC(=O)N1CCN(c2cccc(F)c2)CC1. The van der Waals surface area contributed by atoms with Crippen molar-refractivity contribution in [1.29, 1.82) is 0 Å². The molecule has 2 aromatic carbocycles. The highest BCUT2D eigenvalue weighted by Gasteiger charge is 2.23. The molecule has 3 aromatic rings. The molecule has 0 spiro atoms. The fraction of sp³-hybridized carbons (Fsp3) is 0.250. The van der Waals surface area contributed by atoms with Crippen LogP contribution in [0.25, 0.3) is 11.0 Å². The summed E-state index contributed by atoms with van der Waals surface area (Å²) in [5.41, 5.74) is 1.57. The van der Waals surface area contributed by atoms with Crippen molar-refractivity contribution in [2.45, 2.75) is 0 Å². The maximum absolute atomic E-state index is 13.5. The first-order valence-electron chi connectivity index (χ1n) is 9.11. The lowest BCUT2D eigenvalue weighted by atomic mass is 10.2. The van der Waals surface area contributed by atoms with Crippen molar-refractivity contribution in [2.24, 2.45) is 0 Å². The van der Waals surface area contributed by atoms with E-state index < -0.39 is 5.82 Å². The van der Waals surface area contributed by atoms with Gasteiger partial charge in [-0.1, -0.05) is 6.07 Å². The van der Waals surface area contributed by atoms with E-state index in [2.05, 4.69) is 15.3 Å². The lowest BCUT2D eigenvalue weighted by Gasteiger charge is -2.36. The Bertz CT molecular complexity index is 1050. The third-order valence-electron chi connectivity index (χ3n) is 4.75. The van der Waals surface area contributed by atoms with Crippen molar-refractivity contribution in [2.75, 3.05) is 43.5 Å². The van der Waals surface area contributed by atoms with Crippen LogP contribution in [0.15, 0.2) is 42.5 Å². The molecule has 150 valence electrons. The third kappa shape index (κ3) is 4.03. The average molecular weight is 399 g/mol. The van der Waals surface area contributed by atoms with E-state index in [-0.39, 0.29) is 23.5 Å². The van der Waals surface area contributed by atoms with E-state index in [0.29, 0.717) is 37.2 Å². The molecule has 2 heterocycles. The number of hydrogen-bond acceptors (Lipinski definition) is 5. The Morgan fingerprint density at radius 1 is 1.00 bits per heavy atom. The van der Waals surface area contributed by atoms with Crippen LogP contribution in [0.5, 0.6) is 5.88 Å². The van der Waals surface area contributed by atoms with Crippen molar-refractivity contribution in [3.8, 4) is 5.88 Å². The van der Waals surface area contributed by atoms with Gasteiger partial charge in [-0.2, -0.15) is 0 Å². The highest BCUT2D eigenvalue weighted by Crippen LogP contribution is 2.24. The summed E-state index contributed by atoms with van der Waals surface area (Å²) in [5, 5.41) is 2.69. The number of amides is 2. The van der Waals surface area contributed by atoms with Crippen LogP contribution in [-0.4, -0.2) is 54.2 Å². The standard InChI is InChI=1S/C20H19F2N5O2/c1-29-19-18(23-17-12-14(22)5-6-16(17)24-19)25-20(28)27-9-7-26(8-10-27)15-4-2-3-13(21)11-15/h2-6,11-12H,7-10H2,1H3,(H,23,25,28). The third-order valence-corrected chi connectivity index (χ3v) is 4.75. The van der Waals surface area contributed by atoms with Gasteiger partial charge in [0.05, 0.1) is 18.1 Å². The summed E-state index contributed by atoms with van der Waals surface area (Å²) >= 11 is 0. The number of methoxy groups -OCH3 is 1. The summed E-state index contributed by atoms with van der Waals surface area (Å²) in [4.78, 5) is 24.9. The average Bonchev–Trinajstić information content (AvgIpc) is 2.73. The lowest BCUT2D eigenvalue weighted by Crippen LogP contribution is -2.50. The summed E-state index contributed by atoms with van der Waals surface area (Å²) in [5.74, 6) is -0.456. The molecule has 0 saturated carbocycles. The molecule has 4 rings (SSSR count). The number of hydrogen-bond donors (Lipinski definition) is 1. The second-order valence-electron chi connectivity index (χ2n) is 6.60. The van der Waals surface area contributed by atoms with Crippen LogP contribution in [0, 0.1) is 11.6 Å². The summed E-state index contributed by atoms with van der Waals surface area (Å²) in [6.07, 6.45) is 0. The highest BCUT2D eigenvalue weighted by molar-refractivity contribution is 5.91. The number of ether oxygens (including phenoxy) is 1. The fourth-order valence-corrected chi connectivity index (χ4v) is 3.26. The minimum Gasteiger partial charge on any atom is -0.478 e. The number of nitrogens with zero attached hydrogens (tertiary/aromatic N) is 4. The number of anilines is 2. The van der Waals surface area contributed by atoms with E-state index >= 15 is 0 Å². The van der Waals surface area contributed by atoms with Crippen LogP contribution in [0.1, 0.15) is 0 Å². The van der Waals surface area contributed by atoms with Crippen molar-refractivity contribution in [1.82, 2.24) is 14.9 Å². The molecule has 0 atom stereocenters. The molecule has 2 amide bonds. The van der Waals surface area contributed by atoms with Gasteiger partial charge in [-0.05, 0) is 30.3 Å². The largest absolute Gasteiger partial charge is 0.478 e. The molecule has 0 radical (unpaired) electrons. The van der Waals surface area contributed by atoms with Gasteiger partial charge in [0.15, 0.2) is 5.82 Å². The number of aromatic nitrogens is 2. The van der Waals surface area contributed by atoms with Gasteiger partial charge in [-0.25, -0.2) is 23.5 Å². The van der Waals surface area contributed by atoms with Gasteiger partial charge in [0.2, 0.25) is 0 Å². The molecule has 1 N–H and O–H groups in total. The fourth-order valence-electron chi connectivity index (χ4n) is 3.26. The number of rotatable bonds is 3. The monoisotopic (exact) mass is 399 g/mol. The Morgan fingerprint density at radius 2 is 1.76 bits per heavy atom. The zero-order valence-electron chi connectivity index (χ0n) is 15.7. The quantitative estimate of drug-likeness (QED) is 0.732. The Kier molecular flexibility index (Phi) is 5.11.